The first kappa shape index (κ1) is 8.32. The molecular weight excluding hydrogens is 178 g/mol. The van der Waals surface area contributed by atoms with Gasteiger partial charge in [-0.05, 0) is 25.3 Å². The molecule has 0 aromatic rings. The van der Waals surface area contributed by atoms with E-state index in [2.05, 4.69) is 5.32 Å². The van der Waals surface area contributed by atoms with Crippen LogP contribution < -0.4 is 5.32 Å². The van der Waals surface area contributed by atoms with Crippen molar-refractivity contribution in [1.82, 2.24) is 5.32 Å². The van der Waals surface area contributed by atoms with Gasteiger partial charge in [-0.3, -0.25) is 4.79 Å². The summed E-state index contributed by atoms with van der Waals surface area (Å²) in [5.41, 5.74) is 0.0943. The van der Waals surface area contributed by atoms with Crippen LogP contribution in [0.2, 0.25) is 0 Å². The Kier molecular flexibility index (Phi) is 1.64. The van der Waals surface area contributed by atoms with E-state index in [9.17, 15) is 4.79 Å². The molecule has 0 unspecified atom stereocenters. The molecule has 3 nitrogen and oxygen atoms in total. The number of carbonyl (C=O) groups excluding carboxylic acids is 1. The predicted octanol–water partition coefficient (Wildman–Crippen LogP) is 0.333. The molecule has 1 aliphatic carbocycles. The van der Waals surface area contributed by atoms with Crippen molar-refractivity contribution in [2.45, 2.75) is 18.4 Å². The van der Waals surface area contributed by atoms with E-state index in [1.807, 2.05) is 0 Å². The van der Waals surface area contributed by atoms with Crippen molar-refractivity contribution in [2.75, 3.05) is 13.2 Å². The number of ether oxygens (including phenoxy) is 1. The fourth-order valence-corrected chi connectivity index (χ4v) is 2.82. The molecule has 3 atom stereocenters. The van der Waals surface area contributed by atoms with E-state index in [-0.39, 0.29) is 29.8 Å². The maximum absolute atomic E-state index is 11.1. The molecule has 0 aromatic heterocycles. The van der Waals surface area contributed by atoms with Crippen molar-refractivity contribution in [2.24, 2.45) is 11.8 Å². The molecule has 1 spiro atoms. The standard InChI is InChI=1S/C8H11NO2.ClH/c10-7-6-3-5-1-2-9-8(5,6)4-11-7;/h5-6,9H,1-4H2;1H/t5-,6+,8-;/m1./s1. The fraction of sp³-hybridized carbons (Fsp3) is 0.875. The summed E-state index contributed by atoms with van der Waals surface area (Å²) in [6.45, 7) is 1.69. The molecule has 3 rings (SSSR count). The zero-order chi connectivity index (χ0) is 7.47. The molecule has 0 radical (unpaired) electrons. The van der Waals surface area contributed by atoms with Gasteiger partial charge in [-0.25, -0.2) is 0 Å². The molecule has 2 saturated heterocycles. The summed E-state index contributed by atoms with van der Waals surface area (Å²) < 4.78 is 5.04. The molecule has 2 aliphatic heterocycles. The Morgan fingerprint density at radius 1 is 1.58 bits per heavy atom. The molecule has 1 N–H and O–H groups in total. The highest BCUT2D eigenvalue weighted by Gasteiger charge is 2.65. The summed E-state index contributed by atoms with van der Waals surface area (Å²) >= 11 is 0. The van der Waals surface area contributed by atoms with Gasteiger partial charge in [0.2, 0.25) is 0 Å². The summed E-state index contributed by atoms with van der Waals surface area (Å²) in [5, 5.41) is 3.42. The SMILES string of the molecule is Cl.O=C1OC[C@@]23NCC[C@@H]2C[C@@H]13. The van der Waals surface area contributed by atoms with Gasteiger partial charge >= 0.3 is 5.97 Å². The Morgan fingerprint density at radius 2 is 2.42 bits per heavy atom. The highest BCUT2D eigenvalue weighted by atomic mass is 35.5. The smallest absolute Gasteiger partial charge is 0.311 e. The van der Waals surface area contributed by atoms with Crippen LogP contribution in [0.5, 0.6) is 0 Å². The number of hydrogen-bond donors (Lipinski definition) is 1. The first-order valence-corrected chi connectivity index (χ1v) is 4.24. The van der Waals surface area contributed by atoms with Crippen molar-refractivity contribution in [3.63, 3.8) is 0 Å². The number of cyclic esters (lactones) is 1. The minimum Gasteiger partial charge on any atom is -0.463 e. The van der Waals surface area contributed by atoms with Crippen molar-refractivity contribution < 1.29 is 9.53 Å². The van der Waals surface area contributed by atoms with E-state index < -0.39 is 0 Å². The second-order valence-corrected chi connectivity index (χ2v) is 3.85. The highest BCUT2D eigenvalue weighted by Crippen LogP contribution is 2.53. The third kappa shape index (κ3) is 0.690. The van der Waals surface area contributed by atoms with Gasteiger partial charge in [-0.1, -0.05) is 0 Å². The minimum atomic E-state index is 0. The van der Waals surface area contributed by atoms with Crippen molar-refractivity contribution >= 4 is 18.4 Å². The topological polar surface area (TPSA) is 38.3 Å². The van der Waals surface area contributed by atoms with Crippen molar-refractivity contribution in [1.29, 1.82) is 0 Å². The van der Waals surface area contributed by atoms with Crippen molar-refractivity contribution in [3.8, 4) is 0 Å². The monoisotopic (exact) mass is 189 g/mol. The Morgan fingerprint density at radius 3 is 3.08 bits per heavy atom. The molecule has 3 fully saturated rings. The van der Waals surface area contributed by atoms with Gasteiger partial charge in [0, 0.05) is 0 Å². The van der Waals surface area contributed by atoms with Crippen molar-refractivity contribution in [3.05, 3.63) is 0 Å². The minimum absolute atomic E-state index is 0. The van der Waals surface area contributed by atoms with Crippen LogP contribution >= 0.6 is 12.4 Å². The van der Waals surface area contributed by atoms with Gasteiger partial charge in [0.1, 0.15) is 6.61 Å². The second kappa shape index (κ2) is 2.36. The summed E-state index contributed by atoms with van der Waals surface area (Å²) in [4.78, 5) is 11.1. The molecule has 4 heteroatoms. The van der Waals surface area contributed by atoms with E-state index in [0.29, 0.717) is 6.61 Å². The summed E-state index contributed by atoms with van der Waals surface area (Å²) in [6.07, 6.45) is 2.29. The largest absolute Gasteiger partial charge is 0.463 e. The zero-order valence-corrected chi connectivity index (χ0v) is 7.52. The van der Waals surface area contributed by atoms with Gasteiger partial charge in [0.25, 0.3) is 0 Å². The number of esters is 1. The lowest BCUT2D eigenvalue weighted by atomic mass is 9.61. The Balaban J connectivity index is 0.000000563. The second-order valence-electron chi connectivity index (χ2n) is 3.85. The Bertz CT molecular complexity index is 233. The summed E-state index contributed by atoms with van der Waals surface area (Å²) in [5.74, 6) is 0.935. The first-order chi connectivity index (χ1) is 5.33. The van der Waals surface area contributed by atoms with E-state index in [1.54, 1.807) is 0 Å². The van der Waals surface area contributed by atoms with Gasteiger partial charge in [0.05, 0.1) is 11.5 Å². The van der Waals surface area contributed by atoms with Crippen LogP contribution in [-0.2, 0) is 9.53 Å². The molecular formula is C8H12ClNO2. The van der Waals surface area contributed by atoms with Crippen LogP contribution in [-0.4, -0.2) is 24.7 Å². The molecule has 68 valence electrons. The first-order valence-electron chi connectivity index (χ1n) is 4.24. The van der Waals surface area contributed by atoms with Crippen LogP contribution in [0.1, 0.15) is 12.8 Å². The lowest BCUT2D eigenvalue weighted by molar-refractivity contribution is -0.142. The average Bonchev–Trinajstić information content (AvgIpc) is 2.39. The van der Waals surface area contributed by atoms with Gasteiger partial charge in [0.15, 0.2) is 0 Å². The van der Waals surface area contributed by atoms with E-state index >= 15 is 0 Å². The molecule has 1 saturated carbocycles. The fourth-order valence-electron chi connectivity index (χ4n) is 2.82. The van der Waals surface area contributed by atoms with E-state index in [0.717, 1.165) is 18.9 Å². The van der Waals surface area contributed by atoms with Gasteiger partial charge in [-0.2, -0.15) is 0 Å². The molecule has 2 heterocycles. The molecule has 0 amide bonds. The van der Waals surface area contributed by atoms with E-state index in [4.69, 9.17) is 4.74 Å². The molecule has 0 bridgehead atoms. The lowest BCUT2D eigenvalue weighted by Gasteiger charge is -2.44. The number of rotatable bonds is 0. The Labute approximate surface area is 77.3 Å². The van der Waals surface area contributed by atoms with E-state index in [1.165, 1.54) is 6.42 Å². The van der Waals surface area contributed by atoms with Crippen LogP contribution in [0.4, 0.5) is 0 Å². The maximum Gasteiger partial charge on any atom is 0.311 e. The number of nitrogens with one attached hydrogen (secondary N) is 1. The molecule has 3 aliphatic rings. The zero-order valence-electron chi connectivity index (χ0n) is 6.71. The normalized spacial score (nSPS) is 48.5. The van der Waals surface area contributed by atoms with Crippen LogP contribution in [0.15, 0.2) is 0 Å². The maximum atomic E-state index is 11.1. The molecule has 12 heavy (non-hydrogen) atoms. The van der Waals surface area contributed by atoms with Crippen LogP contribution in [0, 0.1) is 11.8 Å². The number of hydrogen-bond acceptors (Lipinski definition) is 3. The third-order valence-electron chi connectivity index (χ3n) is 3.56. The predicted molar refractivity (Wildman–Crippen MR) is 45.2 cm³/mol. The van der Waals surface area contributed by atoms with Crippen LogP contribution in [0.25, 0.3) is 0 Å². The molecule has 0 aromatic carbocycles. The van der Waals surface area contributed by atoms with Gasteiger partial charge < -0.3 is 10.1 Å². The number of carbonyl (C=O) groups is 1. The lowest BCUT2D eigenvalue weighted by Crippen LogP contribution is -2.60. The Hall–Kier alpha value is -0.280. The summed E-state index contributed by atoms with van der Waals surface area (Å²) in [6, 6.07) is 0. The average molecular weight is 190 g/mol. The van der Waals surface area contributed by atoms with Gasteiger partial charge in [-0.15, -0.1) is 12.4 Å². The summed E-state index contributed by atoms with van der Waals surface area (Å²) in [7, 11) is 0. The third-order valence-corrected chi connectivity index (χ3v) is 3.56. The number of halogens is 1. The van der Waals surface area contributed by atoms with Crippen LogP contribution in [0.3, 0.4) is 0 Å². The highest BCUT2D eigenvalue weighted by molar-refractivity contribution is 5.85. The quantitative estimate of drug-likeness (QED) is 0.559.